The lowest BCUT2D eigenvalue weighted by molar-refractivity contribution is -0.142. The van der Waals surface area contributed by atoms with Gasteiger partial charge in [0.2, 0.25) is 0 Å². The van der Waals surface area contributed by atoms with Gasteiger partial charge in [0.1, 0.15) is 0 Å². The summed E-state index contributed by atoms with van der Waals surface area (Å²) in [4.78, 5) is 11.9. The predicted molar refractivity (Wildman–Crippen MR) is 86.3 cm³/mol. The molecule has 0 aliphatic heterocycles. The molecule has 0 amide bonds. The number of nitrogens with one attached hydrogen (secondary N) is 1. The highest BCUT2D eigenvalue weighted by atomic mass is 32.2. The van der Waals surface area contributed by atoms with Gasteiger partial charge in [-0.15, -0.1) is 0 Å². The molecule has 0 heterocycles. The Labute approximate surface area is 126 Å². The van der Waals surface area contributed by atoms with Crippen LogP contribution in [0.1, 0.15) is 30.7 Å². The van der Waals surface area contributed by atoms with E-state index >= 15 is 0 Å². The fourth-order valence-electron chi connectivity index (χ4n) is 2.08. The first kappa shape index (κ1) is 17.1. The molecule has 1 unspecified atom stereocenters. The summed E-state index contributed by atoms with van der Waals surface area (Å²) in [5.74, 6) is 0.841. The van der Waals surface area contributed by atoms with E-state index in [0.717, 1.165) is 18.5 Å². The van der Waals surface area contributed by atoms with E-state index in [0.29, 0.717) is 6.54 Å². The molecule has 0 aliphatic carbocycles. The van der Waals surface area contributed by atoms with Gasteiger partial charge in [0.25, 0.3) is 0 Å². The molecular weight excluding hydrogens is 270 g/mol. The zero-order valence-corrected chi connectivity index (χ0v) is 13.2. The van der Waals surface area contributed by atoms with Crippen molar-refractivity contribution in [2.45, 2.75) is 25.2 Å². The first-order valence-electron chi connectivity index (χ1n) is 7.12. The largest absolute Gasteiger partial charge is 0.469 e. The van der Waals surface area contributed by atoms with E-state index in [9.17, 15) is 4.79 Å². The lowest BCUT2D eigenvalue weighted by Gasteiger charge is -2.15. The van der Waals surface area contributed by atoms with Crippen LogP contribution in [-0.2, 0) is 9.53 Å². The van der Waals surface area contributed by atoms with Crippen molar-refractivity contribution < 1.29 is 9.53 Å². The van der Waals surface area contributed by atoms with E-state index in [2.05, 4.69) is 11.6 Å². The zero-order chi connectivity index (χ0) is 14.6. The molecule has 1 rings (SSSR count). The van der Waals surface area contributed by atoms with Gasteiger partial charge >= 0.3 is 5.97 Å². The molecule has 1 aromatic rings. The summed E-state index contributed by atoms with van der Waals surface area (Å²) < 4.78 is 4.90. The second-order valence-electron chi connectivity index (χ2n) is 4.74. The summed E-state index contributed by atoms with van der Waals surface area (Å²) in [6.07, 6.45) is 5.80. The molecule has 112 valence electrons. The number of carbonyl (C=O) groups is 1. The van der Waals surface area contributed by atoms with Crippen LogP contribution < -0.4 is 5.32 Å². The van der Waals surface area contributed by atoms with Crippen LogP contribution in [-0.4, -0.2) is 38.2 Å². The lowest BCUT2D eigenvalue weighted by atomic mass is 9.99. The van der Waals surface area contributed by atoms with E-state index in [1.165, 1.54) is 25.7 Å². The molecular formula is C16H25NO2S. The van der Waals surface area contributed by atoms with Gasteiger partial charge < -0.3 is 10.1 Å². The highest BCUT2D eigenvalue weighted by Crippen LogP contribution is 2.16. The van der Waals surface area contributed by atoms with Gasteiger partial charge in [-0.2, -0.15) is 11.8 Å². The molecule has 0 radical (unpaired) electrons. The van der Waals surface area contributed by atoms with Gasteiger partial charge in [0.15, 0.2) is 0 Å². The average Bonchev–Trinajstić information content (AvgIpc) is 2.50. The first-order chi connectivity index (χ1) is 9.79. The van der Waals surface area contributed by atoms with Crippen molar-refractivity contribution in [1.29, 1.82) is 0 Å². The number of thioether (sulfide) groups is 1. The van der Waals surface area contributed by atoms with Crippen LogP contribution in [0.25, 0.3) is 0 Å². The molecule has 0 saturated carbocycles. The maximum absolute atomic E-state index is 11.9. The summed E-state index contributed by atoms with van der Waals surface area (Å²) in [6.45, 7) is 1.59. The minimum Gasteiger partial charge on any atom is -0.469 e. The molecule has 0 fully saturated rings. The number of methoxy groups -OCH3 is 1. The van der Waals surface area contributed by atoms with Crippen LogP contribution >= 0.6 is 11.8 Å². The van der Waals surface area contributed by atoms with Crippen LogP contribution in [0.4, 0.5) is 0 Å². The number of ether oxygens (including phenoxy) is 1. The molecule has 3 nitrogen and oxygen atoms in total. The molecule has 20 heavy (non-hydrogen) atoms. The smallest absolute Gasteiger partial charge is 0.314 e. The van der Waals surface area contributed by atoms with Crippen molar-refractivity contribution in [3.8, 4) is 0 Å². The van der Waals surface area contributed by atoms with Crippen LogP contribution in [0.2, 0.25) is 0 Å². The van der Waals surface area contributed by atoms with Crippen molar-refractivity contribution in [3.63, 3.8) is 0 Å². The Morgan fingerprint density at radius 2 is 2.00 bits per heavy atom. The quantitative estimate of drug-likeness (QED) is 0.532. The zero-order valence-electron chi connectivity index (χ0n) is 12.4. The maximum Gasteiger partial charge on any atom is 0.314 e. The highest BCUT2D eigenvalue weighted by Gasteiger charge is 2.20. The van der Waals surface area contributed by atoms with Crippen LogP contribution in [0, 0.1) is 0 Å². The predicted octanol–water partition coefficient (Wildman–Crippen LogP) is 3.07. The molecule has 0 saturated heterocycles. The number of hydrogen-bond acceptors (Lipinski definition) is 4. The second kappa shape index (κ2) is 10.7. The van der Waals surface area contributed by atoms with E-state index < -0.39 is 0 Å². The Hall–Kier alpha value is -1.00. The maximum atomic E-state index is 11.9. The minimum absolute atomic E-state index is 0.175. The first-order valence-corrected chi connectivity index (χ1v) is 8.51. The summed E-state index contributed by atoms with van der Waals surface area (Å²) in [6, 6.07) is 9.81. The molecule has 4 heteroatoms. The molecule has 1 atom stereocenters. The monoisotopic (exact) mass is 295 g/mol. The van der Waals surface area contributed by atoms with E-state index in [1.807, 2.05) is 42.1 Å². The van der Waals surface area contributed by atoms with Crippen molar-refractivity contribution in [3.05, 3.63) is 35.9 Å². The van der Waals surface area contributed by atoms with E-state index in [1.54, 1.807) is 0 Å². The fourth-order valence-corrected chi connectivity index (χ4v) is 2.58. The van der Waals surface area contributed by atoms with E-state index in [-0.39, 0.29) is 11.9 Å². The Bertz CT molecular complexity index is 370. The second-order valence-corrected chi connectivity index (χ2v) is 5.73. The highest BCUT2D eigenvalue weighted by molar-refractivity contribution is 7.98. The third kappa shape index (κ3) is 6.44. The number of carbonyl (C=O) groups excluding carboxylic acids is 1. The fraction of sp³-hybridized carbons (Fsp3) is 0.562. The minimum atomic E-state index is -0.215. The molecule has 0 spiro atoms. The van der Waals surface area contributed by atoms with Crippen LogP contribution in [0.3, 0.4) is 0 Å². The summed E-state index contributed by atoms with van der Waals surface area (Å²) >= 11 is 1.89. The van der Waals surface area contributed by atoms with Crippen molar-refractivity contribution in [1.82, 2.24) is 5.32 Å². The van der Waals surface area contributed by atoms with Gasteiger partial charge in [0.05, 0.1) is 13.0 Å². The summed E-state index contributed by atoms with van der Waals surface area (Å²) in [7, 11) is 1.45. The molecule has 0 aliphatic rings. The molecule has 1 N–H and O–H groups in total. The lowest BCUT2D eigenvalue weighted by Crippen LogP contribution is -2.28. The SMILES string of the molecule is COC(=O)C(CNCCCCCSC)c1ccccc1. The third-order valence-electron chi connectivity index (χ3n) is 3.24. The van der Waals surface area contributed by atoms with Gasteiger partial charge in [-0.05, 0) is 37.0 Å². The summed E-state index contributed by atoms with van der Waals surface area (Å²) in [5.41, 5.74) is 1.01. The molecule has 0 bridgehead atoms. The van der Waals surface area contributed by atoms with Crippen LogP contribution in [0.5, 0.6) is 0 Å². The number of esters is 1. The normalized spacial score (nSPS) is 12.1. The van der Waals surface area contributed by atoms with E-state index in [4.69, 9.17) is 4.74 Å². The molecule has 0 aromatic heterocycles. The van der Waals surface area contributed by atoms with Gasteiger partial charge in [-0.25, -0.2) is 0 Å². The number of rotatable bonds is 10. The van der Waals surface area contributed by atoms with Gasteiger partial charge in [0, 0.05) is 6.54 Å². The molecule has 1 aromatic carbocycles. The van der Waals surface area contributed by atoms with Gasteiger partial charge in [-0.3, -0.25) is 4.79 Å². The van der Waals surface area contributed by atoms with Crippen molar-refractivity contribution in [2.75, 3.05) is 32.2 Å². The Kier molecular flexibility index (Phi) is 9.16. The Morgan fingerprint density at radius 3 is 2.65 bits per heavy atom. The number of hydrogen-bond donors (Lipinski definition) is 1. The number of benzene rings is 1. The van der Waals surface area contributed by atoms with Gasteiger partial charge in [-0.1, -0.05) is 36.8 Å². The van der Waals surface area contributed by atoms with Crippen molar-refractivity contribution in [2.24, 2.45) is 0 Å². The third-order valence-corrected chi connectivity index (χ3v) is 3.94. The summed E-state index contributed by atoms with van der Waals surface area (Å²) in [5, 5.41) is 3.37. The topological polar surface area (TPSA) is 38.3 Å². The number of unbranched alkanes of at least 4 members (excludes halogenated alkanes) is 2. The van der Waals surface area contributed by atoms with Crippen LogP contribution in [0.15, 0.2) is 30.3 Å². The Morgan fingerprint density at radius 1 is 1.25 bits per heavy atom. The Balaban J connectivity index is 2.34. The van der Waals surface area contributed by atoms with Crippen molar-refractivity contribution >= 4 is 17.7 Å². The standard InChI is InChI=1S/C16H25NO2S/c1-19-16(18)15(14-9-5-3-6-10-14)13-17-11-7-4-8-12-20-2/h3,5-6,9-10,15,17H,4,7-8,11-13H2,1-2H3. The average molecular weight is 295 g/mol.